The minimum atomic E-state index is -0.322. The van der Waals surface area contributed by atoms with Crippen molar-refractivity contribution in [3.8, 4) is 0 Å². The third-order valence-electron chi connectivity index (χ3n) is 3.09. The van der Waals surface area contributed by atoms with Gasteiger partial charge in [0.05, 0.1) is 12.3 Å². The maximum Gasteiger partial charge on any atom is 0.146 e. The summed E-state index contributed by atoms with van der Waals surface area (Å²) in [6, 6.07) is 4.76. The monoisotopic (exact) mass is 268 g/mol. The summed E-state index contributed by atoms with van der Waals surface area (Å²) in [5.74, 6) is 0.130. The summed E-state index contributed by atoms with van der Waals surface area (Å²) in [4.78, 5) is 0.209. The first-order valence-corrected chi connectivity index (χ1v) is 6.48. The van der Waals surface area contributed by atoms with Crippen LogP contribution in [0.3, 0.4) is 0 Å². The Kier molecular flexibility index (Phi) is 4.49. The largest absolute Gasteiger partial charge is 0.389 e. The highest BCUT2D eigenvalue weighted by Crippen LogP contribution is 2.18. The average molecular weight is 268 g/mol. The van der Waals surface area contributed by atoms with Crippen molar-refractivity contribution in [2.75, 3.05) is 25.1 Å². The first kappa shape index (κ1) is 13.2. The minimum absolute atomic E-state index is 0.209. The van der Waals surface area contributed by atoms with Crippen LogP contribution in [-0.4, -0.2) is 24.7 Å². The molecule has 1 aromatic rings. The van der Waals surface area contributed by atoms with E-state index < -0.39 is 0 Å². The molecule has 2 rings (SSSR count). The second-order valence-electron chi connectivity index (χ2n) is 4.52. The zero-order valence-electron chi connectivity index (χ0n) is 10.1. The average Bonchev–Trinajstić information content (AvgIpc) is 2.38. The summed E-state index contributed by atoms with van der Waals surface area (Å²) in [6.07, 6.45) is 2.20. The number of ether oxygens (including phenoxy) is 1. The molecule has 3 N–H and O–H groups in total. The lowest BCUT2D eigenvalue weighted by Crippen LogP contribution is -2.24. The smallest absolute Gasteiger partial charge is 0.146 e. The lowest BCUT2D eigenvalue weighted by Gasteiger charge is -2.22. The van der Waals surface area contributed by atoms with Crippen molar-refractivity contribution in [3.05, 3.63) is 29.6 Å². The van der Waals surface area contributed by atoms with Crippen LogP contribution in [0.1, 0.15) is 18.4 Å². The molecule has 0 aromatic heterocycles. The molecule has 0 aliphatic carbocycles. The number of thiocarbonyl (C=S) groups is 1. The van der Waals surface area contributed by atoms with Crippen molar-refractivity contribution in [1.82, 2.24) is 0 Å². The van der Waals surface area contributed by atoms with Gasteiger partial charge in [-0.1, -0.05) is 12.2 Å². The molecule has 0 spiro atoms. The Morgan fingerprint density at radius 3 is 3.00 bits per heavy atom. The standard InChI is InChI=1S/C13H17FN2OS/c14-11-6-10(13(15)18)3-4-12(11)16-7-9-2-1-5-17-8-9/h3-4,6,9,16H,1-2,5,7-8H2,(H2,15,18). The normalized spacial score (nSPS) is 19.5. The third kappa shape index (κ3) is 3.40. The Bertz CT molecular complexity index is 433. The summed E-state index contributed by atoms with van der Waals surface area (Å²) in [7, 11) is 0. The summed E-state index contributed by atoms with van der Waals surface area (Å²) >= 11 is 4.81. The number of benzene rings is 1. The molecule has 98 valence electrons. The molecular formula is C13H17FN2OS. The zero-order valence-corrected chi connectivity index (χ0v) is 10.9. The van der Waals surface area contributed by atoms with Crippen LogP contribution >= 0.6 is 12.2 Å². The Balaban J connectivity index is 1.94. The highest BCUT2D eigenvalue weighted by Gasteiger charge is 2.14. The fraction of sp³-hybridized carbons (Fsp3) is 0.462. The maximum absolute atomic E-state index is 13.8. The molecule has 1 atom stereocenters. The van der Waals surface area contributed by atoms with Crippen molar-refractivity contribution >= 4 is 22.9 Å². The fourth-order valence-corrected chi connectivity index (χ4v) is 2.16. The highest BCUT2D eigenvalue weighted by atomic mass is 32.1. The van der Waals surface area contributed by atoms with Crippen LogP contribution in [-0.2, 0) is 4.74 Å². The molecular weight excluding hydrogens is 251 g/mol. The van der Waals surface area contributed by atoms with Crippen molar-refractivity contribution in [3.63, 3.8) is 0 Å². The topological polar surface area (TPSA) is 47.3 Å². The first-order valence-electron chi connectivity index (χ1n) is 6.08. The molecule has 0 radical (unpaired) electrons. The third-order valence-corrected chi connectivity index (χ3v) is 3.33. The quantitative estimate of drug-likeness (QED) is 0.823. The molecule has 5 heteroatoms. The van der Waals surface area contributed by atoms with Gasteiger partial charge in [-0.05, 0) is 37.0 Å². The molecule has 0 bridgehead atoms. The van der Waals surface area contributed by atoms with E-state index in [0.29, 0.717) is 17.2 Å². The Morgan fingerprint density at radius 1 is 1.56 bits per heavy atom. The number of halogens is 1. The summed E-state index contributed by atoms with van der Waals surface area (Å²) in [5.41, 5.74) is 6.49. The predicted molar refractivity (Wildman–Crippen MR) is 74.3 cm³/mol. The van der Waals surface area contributed by atoms with Gasteiger partial charge in [-0.2, -0.15) is 0 Å². The van der Waals surface area contributed by atoms with E-state index in [1.807, 2.05) is 0 Å². The number of anilines is 1. The van der Waals surface area contributed by atoms with Crippen LogP contribution in [0, 0.1) is 11.7 Å². The van der Waals surface area contributed by atoms with Gasteiger partial charge in [0.2, 0.25) is 0 Å². The molecule has 1 aliphatic rings. The van der Waals surface area contributed by atoms with Gasteiger partial charge in [-0.3, -0.25) is 0 Å². The van der Waals surface area contributed by atoms with Crippen LogP contribution in [0.4, 0.5) is 10.1 Å². The molecule has 0 saturated carbocycles. The van der Waals surface area contributed by atoms with E-state index in [4.69, 9.17) is 22.7 Å². The van der Waals surface area contributed by atoms with Crippen molar-refractivity contribution in [2.45, 2.75) is 12.8 Å². The van der Waals surface area contributed by atoms with E-state index in [-0.39, 0.29) is 10.8 Å². The van der Waals surface area contributed by atoms with Crippen molar-refractivity contribution in [2.24, 2.45) is 11.7 Å². The number of nitrogens with one attached hydrogen (secondary N) is 1. The molecule has 1 saturated heterocycles. The number of rotatable bonds is 4. The molecule has 1 aromatic carbocycles. The Hall–Kier alpha value is -1.20. The van der Waals surface area contributed by atoms with E-state index in [9.17, 15) is 4.39 Å². The van der Waals surface area contributed by atoms with E-state index in [1.165, 1.54) is 6.07 Å². The number of hydrogen-bond acceptors (Lipinski definition) is 3. The summed E-state index contributed by atoms with van der Waals surface area (Å²) in [6.45, 7) is 2.32. The van der Waals surface area contributed by atoms with Gasteiger partial charge in [0.1, 0.15) is 10.8 Å². The van der Waals surface area contributed by atoms with Crippen LogP contribution in [0.2, 0.25) is 0 Å². The van der Waals surface area contributed by atoms with E-state index in [2.05, 4.69) is 5.32 Å². The Morgan fingerprint density at radius 2 is 2.39 bits per heavy atom. The van der Waals surface area contributed by atoms with Crippen molar-refractivity contribution in [1.29, 1.82) is 0 Å². The van der Waals surface area contributed by atoms with Gasteiger partial charge in [-0.15, -0.1) is 0 Å². The lowest BCUT2D eigenvalue weighted by atomic mass is 10.0. The van der Waals surface area contributed by atoms with Crippen molar-refractivity contribution < 1.29 is 9.13 Å². The second kappa shape index (κ2) is 6.11. The van der Waals surface area contributed by atoms with Crippen LogP contribution in [0.25, 0.3) is 0 Å². The minimum Gasteiger partial charge on any atom is -0.389 e. The zero-order chi connectivity index (χ0) is 13.0. The number of nitrogens with two attached hydrogens (primary N) is 1. The van der Waals surface area contributed by atoms with Crippen LogP contribution < -0.4 is 11.1 Å². The fourth-order valence-electron chi connectivity index (χ4n) is 2.03. The number of hydrogen-bond donors (Lipinski definition) is 2. The maximum atomic E-state index is 13.8. The molecule has 18 heavy (non-hydrogen) atoms. The summed E-state index contributed by atoms with van der Waals surface area (Å²) < 4.78 is 19.1. The van der Waals surface area contributed by atoms with E-state index in [1.54, 1.807) is 12.1 Å². The lowest BCUT2D eigenvalue weighted by molar-refractivity contribution is 0.0595. The Labute approximate surface area is 112 Å². The van der Waals surface area contributed by atoms with Crippen LogP contribution in [0.15, 0.2) is 18.2 Å². The molecule has 1 unspecified atom stereocenters. The van der Waals surface area contributed by atoms with Gasteiger partial charge in [0, 0.05) is 18.7 Å². The van der Waals surface area contributed by atoms with Gasteiger partial charge < -0.3 is 15.8 Å². The van der Waals surface area contributed by atoms with Gasteiger partial charge in [0.15, 0.2) is 0 Å². The van der Waals surface area contributed by atoms with E-state index >= 15 is 0 Å². The predicted octanol–water partition coefficient (Wildman–Crippen LogP) is 2.30. The molecule has 1 aliphatic heterocycles. The van der Waals surface area contributed by atoms with Crippen LogP contribution in [0.5, 0.6) is 0 Å². The molecule has 0 amide bonds. The molecule has 1 heterocycles. The van der Waals surface area contributed by atoms with Gasteiger partial charge >= 0.3 is 0 Å². The molecule has 1 fully saturated rings. The summed E-state index contributed by atoms with van der Waals surface area (Å²) in [5, 5.41) is 3.11. The first-order chi connectivity index (χ1) is 8.66. The second-order valence-corrected chi connectivity index (χ2v) is 4.96. The van der Waals surface area contributed by atoms with Gasteiger partial charge in [0.25, 0.3) is 0 Å². The SMILES string of the molecule is NC(=S)c1ccc(NCC2CCCOC2)c(F)c1. The van der Waals surface area contributed by atoms with E-state index in [0.717, 1.165) is 32.6 Å². The van der Waals surface area contributed by atoms with Gasteiger partial charge in [-0.25, -0.2) is 4.39 Å². The highest BCUT2D eigenvalue weighted by molar-refractivity contribution is 7.80. The molecule has 3 nitrogen and oxygen atoms in total.